The molecule has 3 fully saturated rings. The third-order valence-electron chi connectivity index (χ3n) is 6.04. The Morgan fingerprint density at radius 3 is 2.96 bits per heavy atom. The van der Waals surface area contributed by atoms with Crippen molar-refractivity contribution >= 4 is 17.0 Å². The summed E-state index contributed by atoms with van der Waals surface area (Å²) in [6.07, 6.45) is 4.74. The summed E-state index contributed by atoms with van der Waals surface area (Å²) in [4.78, 5) is 18.6. The summed E-state index contributed by atoms with van der Waals surface area (Å²) in [5, 5.41) is 0.922. The smallest absolute Gasteiger partial charge is 0.405 e. The molecule has 5 atom stereocenters. The van der Waals surface area contributed by atoms with Gasteiger partial charge in [-0.25, -0.2) is 4.79 Å². The summed E-state index contributed by atoms with van der Waals surface area (Å²) in [5.41, 5.74) is 7.21. The molecular weight excluding hydrogens is 342 g/mol. The second-order valence-corrected chi connectivity index (χ2v) is 7.39. The number of aromatic nitrogens is 1. The van der Waals surface area contributed by atoms with Crippen LogP contribution in [0.4, 0.5) is 4.79 Å². The molecule has 4 heterocycles. The van der Waals surface area contributed by atoms with Crippen LogP contribution in [0.25, 0.3) is 10.9 Å². The highest BCUT2D eigenvalue weighted by Crippen LogP contribution is 2.43. The number of nitrogens with two attached hydrogens (primary N) is 1. The minimum absolute atomic E-state index is 0.101. The van der Waals surface area contributed by atoms with Crippen LogP contribution in [0.1, 0.15) is 24.5 Å². The fourth-order valence-electron chi connectivity index (χ4n) is 4.69. The van der Waals surface area contributed by atoms with Gasteiger partial charge in [-0.05, 0) is 55.5 Å². The van der Waals surface area contributed by atoms with Gasteiger partial charge in [0.25, 0.3) is 0 Å². The fraction of sp³-hybridized carbons (Fsp3) is 0.429. The number of hydrogen-bond donors (Lipinski definition) is 1. The molecule has 142 valence electrons. The van der Waals surface area contributed by atoms with Gasteiger partial charge >= 0.3 is 6.09 Å². The molecule has 0 spiro atoms. The zero-order valence-corrected chi connectivity index (χ0v) is 15.5. The first-order valence-corrected chi connectivity index (χ1v) is 9.36. The topological polar surface area (TPSA) is 77.7 Å². The SMILES string of the molecule is C=C[C@H]1CN2CC[C@H]1C[C@@H]2C(OC(N)=O)c1ccnc2ccc(OC)cc12. The fourth-order valence-corrected chi connectivity index (χ4v) is 4.69. The predicted molar refractivity (Wildman–Crippen MR) is 103 cm³/mol. The molecule has 3 aliphatic rings. The molecule has 3 aliphatic heterocycles. The molecule has 0 aliphatic carbocycles. The van der Waals surface area contributed by atoms with Crippen LogP contribution in [-0.2, 0) is 4.74 Å². The largest absolute Gasteiger partial charge is 0.497 e. The summed E-state index contributed by atoms with van der Waals surface area (Å²) < 4.78 is 11.1. The zero-order chi connectivity index (χ0) is 19.0. The monoisotopic (exact) mass is 367 g/mol. The number of carbonyl (C=O) groups is 1. The number of methoxy groups -OCH3 is 1. The van der Waals surface area contributed by atoms with Gasteiger partial charge in [-0.15, -0.1) is 6.58 Å². The van der Waals surface area contributed by atoms with Gasteiger partial charge in [0.15, 0.2) is 0 Å². The number of benzene rings is 1. The Bertz CT molecular complexity index is 869. The van der Waals surface area contributed by atoms with E-state index in [2.05, 4.69) is 22.5 Å². The lowest BCUT2D eigenvalue weighted by Crippen LogP contribution is -2.55. The Hall–Kier alpha value is -2.60. The van der Waals surface area contributed by atoms with Crippen molar-refractivity contribution in [3.8, 4) is 5.75 Å². The number of fused-ring (bicyclic) bond motifs is 4. The highest BCUT2D eigenvalue weighted by atomic mass is 16.6. The maximum atomic E-state index is 11.7. The first-order chi connectivity index (χ1) is 13.1. The number of primary amides is 1. The van der Waals surface area contributed by atoms with Crippen LogP contribution in [0.5, 0.6) is 5.75 Å². The minimum Gasteiger partial charge on any atom is -0.497 e. The quantitative estimate of drug-likeness (QED) is 0.821. The van der Waals surface area contributed by atoms with Gasteiger partial charge in [-0.2, -0.15) is 0 Å². The van der Waals surface area contributed by atoms with Gasteiger partial charge in [0.2, 0.25) is 0 Å². The first kappa shape index (κ1) is 17.8. The zero-order valence-electron chi connectivity index (χ0n) is 15.5. The maximum Gasteiger partial charge on any atom is 0.405 e. The van der Waals surface area contributed by atoms with E-state index in [9.17, 15) is 4.79 Å². The minimum atomic E-state index is -0.754. The van der Waals surface area contributed by atoms with Gasteiger partial charge in [0.1, 0.15) is 11.9 Å². The predicted octanol–water partition coefficient (Wildman–Crippen LogP) is 3.28. The standard InChI is InChI=1S/C21H25N3O3/c1-3-13-12-24-9-7-14(13)10-19(24)20(27-21(22)25)16-6-8-23-18-5-4-15(26-2)11-17(16)18/h3-6,8,11,13-14,19-20H,1,7,9-10,12H2,2H3,(H2,22,25)/t13-,14-,19+,20?/m0/s1. The second kappa shape index (κ2) is 7.19. The van der Waals surface area contributed by atoms with Crippen LogP contribution in [0.3, 0.4) is 0 Å². The van der Waals surface area contributed by atoms with Crippen molar-refractivity contribution in [2.45, 2.75) is 25.0 Å². The molecule has 1 aromatic heterocycles. The van der Waals surface area contributed by atoms with Crippen molar-refractivity contribution in [2.75, 3.05) is 20.2 Å². The molecule has 2 aromatic rings. The van der Waals surface area contributed by atoms with Crippen LogP contribution < -0.4 is 10.5 Å². The first-order valence-electron chi connectivity index (χ1n) is 9.36. The second-order valence-electron chi connectivity index (χ2n) is 7.39. The van der Waals surface area contributed by atoms with Gasteiger partial charge in [-0.3, -0.25) is 9.88 Å². The number of nitrogens with zero attached hydrogens (tertiary/aromatic N) is 2. The summed E-state index contributed by atoms with van der Waals surface area (Å²) in [7, 11) is 1.63. The van der Waals surface area contributed by atoms with E-state index in [1.165, 1.54) is 0 Å². The number of ether oxygens (including phenoxy) is 2. The molecule has 2 N–H and O–H groups in total. The van der Waals surface area contributed by atoms with E-state index in [1.54, 1.807) is 13.3 Å². The lowest BCUT2D eigenvalue weighted by Gasteiger charge is -2.51. The van der Waals surface area contributed by atoms with Gasteiger partial charge in [0.05, 0.1) is 18.7 Å². The number of amides is 1. The number of rotatable bonds is 5. The van der Waals surface area contributed by atoms with Crippen LogP contribution in [0.15, 0.2) is 43.1 Å². The molecular formula is C21H25N3O3. The number of hydrogen-bond acceptors (Lipinski definition) is 5. The van der Waals surface area contributed by atoms with E-state index in [1.807, 2.05) is 24.3 Å². The lowest BCUT2D eigenvalue weighted by molar-refractivity contribution is -0.0482. The molecule has 1 amide bonds. The van der Waals surface area contributed by atoms with E-state index in [0.717, 1.165) is 48.1 Å². The molecule has 2 unspecified atom stereocenters. The Morgan fingerprint density at radius 2 is 2.30 bits per heavy atom. The highest BCUT2D eigenvalue weighted by Gasteiger charge is 2.44. The van der Waals surface area contributed by atoms with E-state index < -0.39 is 12.2 Å². The van der Waals surface area contributed by atoms with Crippen molar-refractivity contribution in [3.63, 3.8) is 0 Å². The average Bonchev–Trinajstić information content (AvgIpc) is 2.71. The molecule has 1 aromatic carbocycles. The molecule has 3 saturated heterocycles. The number of piperidine rings is 3. The summed E-state index contributed by atoms with van der Waals surface area (Å²) in [5.74, 6) is 1.81. The van der Waals surface area contributed by atoms with Crippen molar-refractivity contribution in [1.29, 1.82) is 0 Å². The van der Waals surface area contributed by atoms with Gasteiger partial charge < -0.3 is 15.2 Å². The van der Waals surface area contributed by atoms with Crippen molar-refractivity contribution < 1.29 is 14.3 Å². The lowest BCUT2D eigenvalue weighted by atomic mass is 9.73. The molecule has 0 saturated carbocycles. The van der Waals surface area contributed by atoms with Crippen molar-refractivity contribution in [2.24, 2.45) is 17.6 Å². The van der Waals surface area contributed by atoms with Gasteiger partial charge in [-0.1, -0.05) is 6.08 Å². The third-order valence-corrected chi connectivity index (χ3v) is 6.04. The van der Waals surface area contributed by atoms with Gasteiger partial charge in [0, 0.05) is 23.7 Å². The molecule has 6 nitrogen and oxygen atoms in total. The molecule has 0 radical (unpaired) electrons. The van der Waals surface area contributed by atoms with Crippen LogP contribution >= 0.6 is 0 Å². The average molecular weight is 367 g/mol. The van der Waals surface area contributed by atoms with E-state index in [-0.39, 0.29) is 6.04 Å². The summed E-state index contributed by atoms with van der Waals surface area (Å²) in [6, 6.07) is 7.76. The van der Waals surface area contributed by atoms with Crippen molar-refractivity contribution in [3.05, 3.63) is 48.7 Å². The Labute approximate surface area is 158 Å². The number of carbonyl (C=O) groups excluding carboxylic acids is 1. The van der Waals surface area contributed by atoms with Crippen LogP contribution in [0, 0.1) is 11.8 Å². The van der Waals surface area contributed by atoms with E-state index in [0.29, 0.717) is 11.8 Å². The van der Waals surface area contributed by atoms with E-state index in [4.69, 9.17) is 15.2 Å². The number of pyridine rings is 1. The summed E-state index contributed by atoms with van der Waals surface area (Å²) >= 11 is 0. The highest BCUT2D eigenvalue weighted by molar-refractivity contribution is 5.84. The molecule has 5 rings (SSSR count). The maximum absolute atomic E-state index is 11.7. The Balaban J connectivity index is 1.76. The normalized spacial score (nSPS) is 27.9. The molecule has 6 heteroatoms. The molecule has 2 bridgehead atoms. The Morgan fingerprint density at radius 1 is 1.44 bits per heavy atom. The van der Waals surface area contributed by atoms with Crippen LogP contribution in [-0.4, -0.2) is 42.2 Å². The Kier molecular flexibility index (Phi) is 4.74. The van der Waals surface area contributed by atoms with Crippen molar-refractivity contribution in [1.82, 2.24) is 9.88 Å². The third kappa shape index (κ3) is 3.25. The van der Waals surface area contributed by atoms with Crippen LogP contribution in [0.2, 0.25) is 0 Å². The van der Waals surface area contributed by atoms with E-state index >= 15 is 0 Å². The molecule has 27 heavy (non-hydrogen) atoms. The summed E-state index contributed by atoms with van der Waals surface area (Å²) in [6.45, 7) is 5.94.